The van der Waals surface area contributed by atoms with Crippen LogP contribution in [-0.4, -0.2) is 5.97 Å². The molecule has 2 aromatic carbocycles. The molecule has 0 fully saturated rings. The Kier molecular flexibility index (Phi) is 6.64. The third-order valence-electron chi connectivity index (χ3n) is 4.77. The number of halogens is 5. The predicted molar refractivity (Wildman–Crippen MR) is 104 cm³/mol. The SMILES string of the molecule is CC(C)(C)CC(c1ccc(OC(=O)c2c(F)c(F)c(F)c(F)c2F)cc1)C(C)(C)C. The highest BCUT2D eigenvalue weighted by Crippen LogP contribution is 2.43. The number of benzene rings is 2. The van der Waals surface area contributed by atoms with E-state index in [1.54, 1.807) is 12.1 Å². The molecule has 2 aromatic rings. The normalized spacial score (nSPS) is 13.3. The molecule has 1 unspecified atom stereocenters. The molecule has 164 valence electrons. The Morgan fingerprint density at radius 3 is 1.63 bits per heavy atom. The maximum atomic E-state index is 13.8. The van der Waals surface area contributed by atoms with Crippen LogP contribution in [0.25, 0.3) is 0 Å². The summed E-state index contributed by atoms with van der Waals surface area (Å²) in [7, 11) is 0. The van der Waals surface area contributed by atoms with Crippen LogP contribution in [0, 0.1) is 39.9 Å². The van der Waals surface area contributed by atoms with E-state index in [0.717, 1.165) is 12.0 Å². The van der Waals surface area contributed by atoms with Crippen molar-refractivity contribution in [3.8, 4) is 5.75 Å². The maximum Gasteiger partial charge on any atom is 0.349 e. The van der Waals surface area contributed by atoms with Gasteiger partial charge in [-0.05, 0) is 40.9 Å². The Balaban J connectivity index is 2.31. The van der Waals surface area contributed by atoms with Crippen molar-refractivity contribution in [2.75, 3.05) is 0 Å². The summed E-state index contributed by atoms with van der Waals surface area (Å²) in [6.45, 7) is 12.7. The minimum absolute atomic E-state index is 0.0547. The zero-order valence-corrected chi connectivity index (χ0v) is 17.8. The largest absolute Gasteiger partial charge is 0.423 e. The summed E-state index contributed by atoms with van der Waals surface area (Å²) in [5, 5.41) is 0. The second-order valence-corrected chi connectivity index (χ2v) is 9.59. The van der Waals surface area contributed by atoms with E-state index < -0.39 is 40.6 Å². The van der Waals surface area contributed by atoms with Gasteiger partial charge in [-0.3, -0.25) is 0 Å². The van der Waals surface area contributed by atoms with Gasteiger partial charge in [0.05, 0.1) is 0 Å². The van der Waals surface area contributed by atoms with E-state index in [2.05, 4.69) is 41.5 Å². The lowest BCUT2D eigenvalue weighted by Gasteiger charge is -2.36. The lowest BCUT2D eigenvalue weighted by atomic mass is 9.69. The van der Waals surface area contributed by atoms with Crippen molar-refractivity contribution in [2.24, 2.45) is 10.8 Å². The topological polar surface area (TPSA) is 26.3 Å². The number of hydrogen-bond donors (Lipinski definition) is 0. The van der Waals surface area contributed by atoms with E-state index in [-0.39, 0.29) is 22.5 Å². The smallest absolute Gasteiger partial charge is 0.349 e. The van der Waals surface area contributed by atoms with Crippen LogP contribution >= 0.6 is 0 Å². The molecule has 0 aliphatic carbocycles. The van der Waals surface area contributed by atoms with Gasteiger partial charge in [0.1, 0.15) is 11.3 Å². The van der Waals surface area contributed by atoms with E-state index in [9.17, 15) is 26.7 Å². The fourth-order valence-corrected chi connectivity index (χ4v) is 3.25. The predicted octanol–water partition coefficient (Wildman–Crippen LogP) is 7.17. The minimum Gasteiger partial charge on any atom is -0.423 e. The highest BCUT2D eigenvalue weighted by atomic mass is 19.2. The number of ether oxygens (including phenoxy) is 1. The third-order valence-corrected chi connectivity index (χ3v) is 4.77. The van der Waals surface area contributed by atoms with Crippen molar-refractivity contribution in [1.29, 1.82) is 0 Å². The molecule has 0 saturated carbocycles. The number of hydrogen-bond acceptors (Lipinski definition) is 2. The van der Waals surface area contributed by atoms with Crippen molar-refractivity contribution < 1.29 is 31.5 Å². The second-order valence-electron chi connectivity index (χ2n) is 9.59. The number of carbonyl (C=O) groups is 1. The van der Waals surface area contributed by atoms with Gasteiger partial charge >= 0.3 is 5.97 Å². The zero-order chi connectivity index (χ0) is 23.0. The first-order valence-corrected chi connectivity index (χ1v) is 9.47. The molecule has 0 radical (unpaired) electrons. The lowest BCUT2D eigenvalue weighted by Crippen LogP contribution is -2.23. The molecule has 0 saturated heterocycles. The van der Waals surface area contributed by atoms with Gasteiger partial charge in [0.25, 0.3) is 0 Å². The van der Waals surface area contributed by atoms with Gasteiger partial charge in [0.2, 0.25) is 5.82 Å². The fourth-order valence-electron chi connectivity index (χ4n) is 3.25. The average molecular weight is 428 g/mol. The summed E-state index contributed by atoms with van der Waals surface area (Å²) in [4.78, 5) is 12.1. The van der Waals surface area contributed by atoms with Crippen LogP contribution in [0.15, 0.2) is 24.3 Å². The van der Waals surface area contributed by atoms with Gasteiger partial charge in [0, 0.05) is 0 Å². The Morgan fingerprint density at radius 2 is 1.23 bits per heavy atom. The molecule has 2 nitrogen and oxygen atoms in total. The Labute approximate surface area is 173 Å². The Bertz CT molecular complexity index is 909. The molecule has 0 amide bonds. The van der Waals surface area contributed by atoms with Crippen LogP contribution in [0.4, 0.5) is 22.0 Å². The third kappa shape index (κ3) is 5.18. The van der Waals surface area contributed by atoms with Gasteiger partial charge in [-0.1, -0.05) is 53.7 Å². The number of esters is 1. The van der Waals surface area contributed by atoms with Gasteiger partial charge in [-0.2, -0.15) is 0 Å². The molecule has 0 spiro atoms. The van der Waals surface area contributed by atoms with Crippen molar-refractivity contribution in [3.63, 3.8) is 0 Å². The van der Waals surface area contributed by atoms with Crippen molar-refractivity contribution in [2.45, 2.75) is 53.9 Å². The maximum absolute atomic E-state index is 13.8. The fraction of sp³-hybridized carbons (Fsp3) is 0.435. The molecule has 0 N–H and O–H groups in total. The summed E-state index contributed by atoms with van der Waals surface area (Å²) in [6.07, 6.45) is 0.889. The Morgan fingerprint density at radius 1 is 0.800 bits per heavy atom. The van der Waals surface area contributed by atoms with Crippen LogP contribution in [0.2, 0.25) is 0 Å². The highest BCUT2D eigenvalue weighted by Gasteiger charge is 2.32. The van der Waals surface area contributed by atoms with E-state index in [1.807, 2.05) is 0 Å². The molecular weight excluding hydrogens is 403 g/mol. The van der Waals surface area contributed by atoms with Crippen LogP contribution < -0.4 is 4.74 Å². The average Bonchev–Trinajstić information content (AvgIpc) is 2.62. The van der Waals surface area contributed by atoms with Crippen molar-refractivity contribution in [1.82, 2.24) is 0 Å². The zero-order valence-electron chi connectivity index (χ0n) is 17.8. The van der Waals surface area contributed by atoms with E-state index in [0.29, 0.717) is 0 Å². The molecule has 1 atom stereocenters. The molecule has 7 heteroatoms. The number of rotatable bonds is 4. The summed E-state index contributed by atoms with van der Waals surface area (Å²) < 4.78 is 72.2. The second kappa shape index (κ2) is 8.36. The number of carbonyl (C=O) groups excluding carboxylic acids is 1. The monoisotopic (exact) mass is 428 g/mol. The first-order valence-electron chi connectivity index (χ1n) is 9.47. The molecule has 2 rings (SSSR count). The molecule has 0 aromatic heterocycles. The summed E-state index contributed by atoms with van der Waals surface area (Å²) in [5.74, 6) is -12.8. The van der Waals surface area contributed by atoms with Crippen molar-refractivity contribution >= 4 is 5.97 Å². The van der Waals surface area contributed by atoms with Gasteiger partial charge < -0.3 is 4.74 Å². The standard InChI is InChI=1S/C23H25F5O2/c1-22(2,3)11-14(23(4,5)6)12-7-9-13(10-8-12)30-21(29)15-16(24)18(26)20(28)19(27)17(15)25/h7-10,14H,11H2,1-6H3. The van der Waals surface area contributed by atoms with E-state index in [4.69, 9.17) is 4.74 Å². The van der Waals surface area contributed by atoms with Crippen LogP contribution in [0.1, 0.15) is 69.8 Å². The molecule has 0 heterocycles. The van der Waals surface area contributed by atoms with Crippen LogP contribution in [-0.2, 0) is 0 Å². The lowest BCUT2D eigenvalue weighted by molar-refractivity contribution is 0.0721. The Hall–Kier alpha value is -2.44. The summed E-state index contributed by atoms with van der Waals surface area (Å²) in [5.41, 5.74) is -0.639. The molecule has 0 aliphatic rings. The van der Waals surface area contributed by atoms with Crippen molar-refractivity contribution in [3.05, 3.63) is 64.5 Å². The van der Waals surface area contributed by atoms with Gasteiger partial charge in [0.15, 0.2) is 23.3 Å². The van der Waals surface area contributed by atoms with E-state index in [1.165, 1.54) is 12.1 Å². The van der Waals surface area contributed by atoms with E-state index >= 15 is 0 Å². The summed E-state index contributed by atoms with van der Waals surface area (Å²) >= 11 is 0. The molecule has 0 aliphatic heterocycles. The molecule has 0 bridgehead atoms. The van der Waals surface area contributed by atoms with Gasteiger partial charge in [-0.25, -0.2) is 26.7 Å². The first kappa shape index (κ1) is 23.8. The van der Waals surface area contributed by atoms with Crippen LogP contribution in [0.3, 0.4) is 0 Å². The first-order chi connectivity index (χ1) is 13.6. The summed E-state index contributed by atoms with van der Waals surface area (Å²) in [6, 6.07) is 6.31. The van der Waals surface area contributed by atoms with Gasteiger partial charge in [-0.15, -0.1) is 0 Å². The molecule has 30 heavy (non-hydrogen) atoms. The van der Waals surface area contributed by atoms with Crippen LogP contribution in [0.5, 0.6) is 5.75 Å². The minimum atomic E-state index is -2.34. The highest BCUT2D eigenvalue weighted by molar-refractivity contribution is 5.91. The quantitative estimate of drug-likeness (QED) is 0.170. The molecular formula is C23H25F5O2.